The summed E-state index contributed by atoms with van der Waals surface area (Å²) in [7, 11) is 0. The standard InChI is InChI=1S/C29H41N5O3/c1-2-10-34-24-6-4-3-5-23(24)25(32-34)26(35)30-9-13-33-11-7-22(8-12-33)31-27(36)28-15-20-14-21(16-28)18-29(37,17-20)19-28/h3-6,20-22,37H,2,7-19H2,1H3,(H,30,35)(H,31,36). The van der Waals surface area contributed by atoms with Crippen molar-refractivity contribution in [3.05, 3.63) is 30.0 Å². The number of likely N-dealkylation sites (tertiary alicyclic amines) is 1. The number of aryl methyl sites for hydroxylation is 1. The number of fused-ring (bicyclic) bond motifs is 1. The monoisotopic (exact) mass is 507 g/mol. The number of aliphatic hydroxyl groups is 1. The molecule has 3 N–H and O–H groups in total. The Labute approximate surface area is 219 Å². The van der Waals surface area contributed by atoms with Crippen LogP contribution in [0.2, 0.25) is 0 Å². The Hall–Kier alpha value is -2.45. The zero-order valence-electron chi connectivity index (χ0n) is 22.0. The van der Waals surface area contributed by atoms with Crippen molar-refractivity contribution in [2.45, 2.75) is 82.9 Å². The Kier molecular flexibility index (Phi) is 6.51. The van der Waals surface area contributed by atoms with E-state index in [9.17, 15) is 14.7 Å². The molecule has 0 spiro atoms. The van der Waals surface area contributed by atoms with Crippen LogP contribution in [0.15, 0.2) is 24.3 Å². The van der Waals surface area contributed by atoms with E-state index < -0.39 is 5.60 Å². The molecule has 2 atom stereocenters. The molecule has 1 aromatic heterocycles. The lowest BCUT2D eigenvalue weighted by molar-refractivity contribution is -0.178. The van der Waals surface area contributed by atoms with Gasteiger partial charge in [-0.1, -0.05) is 25.1 Å². The second-order valence-corrected chi connectivity index (χ2v) is 12.4. The van der Waals surface area contributed by atoms with E-state index in [1.165, 1.54) is 6.42 Å². The number of benzene rings is 1. The summed E-state index contributed by atoms with van der Waals surface area (Å²) in [5.74, 6) is 1.12. The van der Waals surface area contributed by atoms with E-state index in [-0.39, 0.29) is 23.3 Å². The van der Waals surface area contributed by atoms with E-state index in [0.717, 1.165) is 82.0 Å². The molecule has 8 heteroatoms. The molecule has 2 heterocycles. The number of amides is 2. The van der Waals surface area contributed by atoms with Gasteiger partial charge < -0.3 is 20.6 Å². The van der Waals surface area contributed by atoms with Crippen LogP contribution in [0.1, 0.15) is 75.2 Å². The van der Waals surface area contributed by atoms with Gasteiger partial charge in [-0.3, -0.25) is 14.3 Å². The Morgan fingerprint density at radius 3 is 2.51 bits per heavy atom. The van der Waals surface area contributed by atoms with E-state index in [1.54, 1.807) is 0 Å². The van der Waals surface area contributed by atoms with Crippen LogP contribution in [0.25, 0.3) is 10.9 Å². The first kappa shape index (κ1) is 24.9. The van der Waals surface area contributed by atoms with E-state index in [0.29, 0.717) is 30.5 Å². The largest absolute Gasteiger partial charge is 0.390 e. The molecule has 200 valence electrons. The number of para-hydroxylation sites is 1. The summed E-state index contributed by atoms with van der Waals surface area (Å²) < 4.78 is 1.92. The lowest BCUT2D eigenvalue weighted by atomic mass is 9.47. The molecule has 1 saturated heterocycles. The van der Waals surface area contributed by atoms with E-state index in [1.807, 2.05) is 28.9 Å². The summed E-state index contributed by atoms with van der Waals surface area (Å²) in [5.41, 5.74) is 0.561. The minimum absolute atomic E-state index is 0.120. The van der Waals surface area contributed by atoms with Gasteiger partial charge in [-0.2, -0.15) is 5.10 Å². The highest BCUT2D eigenvalue weighted by molar-refractivity contribution is 6.04. The van der Waals surface area contributed by atoms with E-state index in [2.05, 4.69) is 27.6 Å². The maximum Gasteiger partial charge on any atom is 0.272 e. The van der Waals surface area contributed by atoms with Crippen molar-refractivity contribution in [2.24, 2.45) is 17.3 Å². The lowest BCUT2D eigenvalue weighted by Crippen LogP contribution is -2.61. The van der Waals surface area contributed by atoms with Crippen molar-refractivity contribution in [2.75, 3.05) is 26.2 Å². The molecular formula is C29H41N5O3. The summed E-state index contributed by atoms with van der Waals surface area (Å²) in [4.78, 5) is 28.7. The van der Waals surface area contributed by atoms with Gasteiger partial charge in [0.25, 0.3) is 5.91 Å². The average Bonchev–Trinajstić information content (AvgIpc) is 3.22. The van der Waals surface area contributed by atoms with Crippen molar-refractivity contribution in [3.63, 3.8) is 0 Å². The SMILES string of the molecule is CCCn1nc(C(=O)NCCN2CCC(NC(=O)C34CC5CC(CC(O)(C5)C3)C4)CC2)c2ccccc21. The number of hydrogen-bond donors (Lipinski definition) is 3. The smallest absolute Gasteiger partial charge is 0.272 e. The fraction of sp³-hybridized carbons (Fsp3) is 0.690. The van der Waals surface area contributed by atoms with E-state index in [4.69, 9.17) is 0 Å². The number of nitrogens with zero attached hydrogens (tertiary/aromatic N) is 3. The maximum atomic E-state index is 13.4. The van der Waals surface area contributed by atoms with Crippen LogP contribution in [0.5, 0.6) is 0 Å². The second kappa shape index (κ2) is 9.70. The first-order chi connectivity index (χ1) is 17.9. The molecule has 5 aliphatic rings. The van der Waals surface area contributed by atoms with Crippen LogP contribution in [-0.2, 0) is 11.3 Å². The number of aromatic nitrogens is 2. The third-order valence-electron chi connectivity index (χ3n) is 9.46. The van der Waals surface area contributed by atoms with Gasteiger partial charge in [0.15, 0.2) is 5.69 Å². The summed E-state index contributed by atoms with van der Waals surface area (Å²) in [5, 5.41) is 22.9. The van der Waals surface area contributed by atoms with Crippen molar-refractivity contribution >= 4 is 22.7 Å². The highest BCUT2D eigenvalue weighted by atomic mass is 16.3. The normalized spacial score (nSPS) is 31.6. The molecule has 37 heavy (non-hydrogen) atoms. The summed E-state index contributed by atoms with van der Waals surface area (Å²) in [6.45, 7) is 6.10. The first-order valence-electron chi connectivity index (χ1n) is 14.4. The van der Waals surface area contributed by atoms with Crippen LogP contribution >= 0.6 is 0 Å². The van der Waals surface area contributed by atoms with Gasteiger partial charge in [-0.05, 0) is 75.7 Å². The van der Waals surface area contributed by atoms with Crippen LogP contribution in [0.4, 0.5) is 0 Å². The number of carbonyl (C=O) groups excluding carboxylic acids is 2. The van der Waals surface area contributed by atoms with Crippen molar-refractivity contribution in [1.82, 2.24) is 25.3 Å². The van der Waals surface area contributed by atoms with Gasteiger partial charge in [0.2, 0.25) is 5.91 Å². The molecule has 4 aliphatic carbocycles. The molecule has 4 saturated carbocycles. The van der Waals surface area contributed by atoms with Gasteiger partial charge in [-0.15, -0.1) is 0 Å². The number of nitrogens with one attached hydrogen (secondary N) is 2. The zero-order chi connectivity index (χ0) is 25.6. The predicted octanol–water partition coefficient (Wildman–Crippen LogP) is 3.09. The fourth-order valence-corrected chi connectivity index (χ4v) is 8.21. The highest BCUT2D eigenvalue weighted by Gasteiger charge is 2.60. The number of rotatable bonds is 8. The van der Waals surface area contributed by atoms with Gasteiger partial charge in [-0.25, -0.2) is 0 Å². The third-order valence-corrected chi connectivity index (χ3v) is 9.46. The van der Waals surface area contributed by atoms with Gasteiger partial charge >= 0.3 is 0 Å². The minimum Gasteiger partial charge on any atom is -0.390 e. The number of carbonyl (C=O) groups is 2. The third kappa shape index (κ3) is 4.78. The molecule has 7 rings (SSSR count). The Morgan fingerprint density at radius 2 is 1.81 bits per heavy atom. The first-order valence-corrected chi connectivity index (χ1v) is 14.4. The molecule has 2 aromatic rings. The van der Waals surface area contributed by atoms with Crippen molar-refractivity contribution in [1.29, 1.82) is 0 Å². The highest BCUT2D eigenvalue weighted by Crippen LogP contribution is 2.61. The average molecular weight is 508 g/mol. The predicted molar refractivity (Wildman–Crippen MR) is 142 cm³/mol. The molecule has 1 aliphatic heterocycles. The topological polar surface area (TPSA) is 99.5 Å². The lowest BCUT2D eigenvalue weighted by Gasteiger charge is -2.59. The van der Waals surface area contributed by atoms with Crippen LogP contribution in [0.3, 0.4) is 0 Å². The van der Waals surface area contributed by atoms with Crippen LogP contribution < -0.4 is 10.6 Å². The summed E-state index contributed by atoms with van der Waals surface area (Å²) in [6.07, 6.45) is 8.39. The van der Waals surface area contributed by atoms with Crippen LogP contribution in [-0.4, -0.2) is 69.4 Å². The molecule has 4 bridgehead atoms. The molecule has 1 aromatic carbocycles. The van der Waals surface area contributed by atoms with Crippen LogP contribution in [0, 0.1) is 17.3 Å². The molecule has 0 radical (unpaired) electrons. The summed E-state index contributed by atoms with van der Waals surface area (Å²) in [6, 6.07) is 8.12. The second-order valence-electron chi connectivity index (χ2n) is 12.4. The van der Waals surface area contributed by atoms with Gasteiger partial charge in [0, 0.05) is 44.2 Å². The zero-order valence-corrected chi connectivity index (χ0v) is 22.0. The minimum atomic E-state index is -0.602. The number of hydrogen-bond acceptors (Lipinski definition) is 5. The molecule has 2 unspecified atom stereocenters. The molecule has 5 fully saturated rings. The molecule has 8 nitrogen and oxygen atoms in total. The number of piperidine rings is 1. The van der Waals surface area contributed by atoms with Crippen molar-refractivity contribution < 1.29 is 14.7 Å². The Morgan fingerprint density at radius 1 is 1.08 bits per heavy atom. The quantitative estimate of drug-likeness (QED) is 0.510. The van der Waals surface area contributed by atoms with E-state index >= 15 is 0 Å². The van der Waals surface area contributed by atoms with Gasteiger partial charge in [0.1, 0.15) is 0 Å². The maximum absolute atomic E-state index is 13.4. The Bertz CT molecular complexity index is 1150. The van der Waals surface area contributed by atoms with Crippen molar-refractivity contribution in [3.8, 4) is 0 Å². The fourth-order valence-electron chi connectivity index (χ4n) is 8.21. The molecule has 2 amide bonds. The summed E-state index contributed by atoms with van der Waals surface area (Å²) >= 11 is 0. The Balaban J connectivity index is 0.972. The van der Waals surface area contributed by atoms with Gasteiger partial charge in [0.05, 0.1) is 16.5 Å². The molecular weight excluding hydrogens is 466 g/mol.